The maximum absolute atomic E-state index is 10.6. The van der Waals surface area contributed by atoms with Crippen LogP contribution in [0, 0.1) is 13.8 Å². The highest BCUT2D eigenvalue weighted by atomic mass is 16.5. The minimum absolute atomic E-state index is 0.0468. The normalized spacial score (nSPS) is 15.3. The van der Waals surface area contributed by atoms with Crippen molar-refractivity contribution in [3.8, 4) is 16.9 Å². The van der Waals surface area contributed by atoms with Crippen molar-refractivity contribution in [3.05, 3.63) is 88.5 Å². The van der Waals surface area contributed by atoms with Crippen LogP contribution in [0.5, 0.6) is 5.75 Å². The molecule has 1 unspecified atom stereocenters. The zero-order valence-electron chi connectivity index (χ0n) is 15.9. The summed E-state index contributed by atoms with van der Waals surface area (Å²) >= 11 is 0. The molecule has 27 heavy (non-hydrogen) atoms. The van der Waals surface area contributed by atoms with E-state index in [1.807, 2.05) is 6.07 Å². The second-order valence-corrected chi connectivity index (χ2v) is 7.35. The Balaban J connectivity index is 1.61. The van der Waals surface area contributed by atoms with E-state index in [1.165, 1.54) is 38.9 Å². The molecule has 136 valence electrons. The monoisotopic (exact) mass is 356 g/mol. The third-order valence-corrected chi connectivity index (χ3v) is 5.38. The van der Waals surface area contributed by atoms with Gasteiger partial charge in [0.1, 0.15) is 18.1 Å². The zero-order chi connectivity index (χ0) is 18.8. The summed E-state index contributed by atoms with van der Waals surface area (Å²) in [5.41, 5.74) is 8.79. The number of hydrogen-bond acceptors (Lipinski definition) is 2. The number of carbonyl (C=O) groups excluding carboxylic acids is 1. The third kappa shape index (κ3) is 3.52. The Morgan fingerprint density at radius 2 is 1.78 bits per heavy atom. The summed E-state index contributed by atoms with van der Waals surface area (Å²) in [5.74, 6) is 0.965. The summed E-state index contributed by atoms with van der Waals surface area (Å²) in [6, 6.07) is 21.5. The molecule has 0 bridgehead atoms. The van der Waals surface area contributed by atoms with E-state index >= 15 is 0 Å². The maximum Gasteiger partial charge on any atom is 0.128 e. The minimum Gasteiger partial charge on any atom is -0.485 e. The van der Waals surface area contributed by atoms with Gasteiger partial charge in [-0.05, 0) is 71.3 Å². The molecule has 1 aliphatic heterocycles. The second-order valence-electron chi connectivity index (χ2n) is 7.35. The fraction of sp³-hybridized carbons (Fsp3) is 0.240. The Morgan fingerprint density at radius 1 is 1.00 bits per heavy atom. The van der Waals surface area contributed by atoms with Crippen LogP contribution in [-0.4, -0.2) is 6.29 Å². The Labute approximate surface area is 160 Å². The molecule has 0 spiro atoms. The number of benzene rings is 3. The van der Waals surface area contributed by atoms with Gasteiger partial charge in [0.25, 0.3) is 0 Å². The van der Waals surface area contributed by atoms with E-state index in [9.17, 15) is 4.79 Å². The summed E-state index contributed by atoms with van der Waals surface area (Å²) in [5, 5.41) is 0. The molecule has 3 aromatic carbocycles. The summed E-state index contributed by atoms with van der Waals surface area (Å²) in [6.07, 6.45) is 3.27. The molecule has 4 rings (SSSR count). The quantitative estimate of drug-likeness (QED) is 0.542. The second kappa shape index (κ2) is 7.40. The van der Waals surface area contributed by atoms with Crippen molar-refractivity contribution in [1.29, 1.82) is 0 Å². The molecule has 2 heteroatoms. The molecule has 1 atom stereocenters. The summed E-state index contributed by atoms with van der Waals surface area (Å²) in [4.78, 5) is 10.6. The zero-order valence-corrected chi connectivity index (χ0v) is 15.9. The van der Waals surface area contributed by atoms with Gasteiger partial charge in [-0.1, -0.05) is 48.5 Å². The predicted molar refractivity (Wildman–Crippen MR) is 109 cm³/mol. The molecule has 0 fully saturated rings. The first kappa shape index (κ1) is 17.5. The number of fused-ring (bicyclic) bond motifs is 1. The number of hydrogen-bond donors (Lipinski definition) is 0. The van der Waals surface area contributed by atoms with Crippen molar-refractivity contribution in [3.63, 3.8) is 0 Å². The minimum atomic E-state index is 0.0468. The molecule has 0 saturated heterocycles. The number of aldehydes is 1. The van der Waals surface area contributed by atoms with Gasteiger partial charge in [-0.15, -0.1) is 0 Å². The molecule has 0 radical (unpaired) electrons. The van der Waals surface area contributed by atoms with Crippen molar-refractivity contribution in [2.45, 2.75) is 39.2 Å². The van der Waals surface area contributed by atoms with Gasteiger partial charge >= 0.3 is 0 Å². The number of ether oxygens (including phenoxy) is 1. The highest BCUT2D eigenvalue weighted by Crippen LogP contribution is 2.38. The highest BCUT2D eigenvalue weighted by Gasteiger charge is 2.25. The van der Waals surface area contributed by atoms with Gasteiger partial charge in [0.2, 0.25) is 0 Å². The first-order valence-corrected chi connectivity index (χ1v) is 9.54. The molecule has 0 aliphatic carbocycles. The van der Waals surface area contributed by atoms with Crippen LogP contribution in [0.15, 0.2) is 60.7 Å². The van der Waals surface area contributed by atoms with Crippen LogP contribution in [0.1, 0.15) is 40.3 Å². The summed E-state index contributed by atoms with van der Waals surface area (Å²) in [6.45, 7) is 4.33. The van der Waals surface area contributed by atoms with Gasteiger partial charge in [0.05, 0.1) is 0 Å². The number of aryl methyl sites for hydroxylation is 3. The van der Waals surface area contributed by atoms with Crippen molar-refractivity contribution in [2.24, 2.45) is 0 Å². The molecule has 0 amide bonds. The molecule has 0 N–H and O–H groups in total. The van der Waals surface area contributed by atoms with Crippen LogP contribution >= 0.6 is 0 Å². The first-order chi connectivity index (χ1) is 13.2. The van der Waals surface area contributed by atoms with Crippen molar-refractivity contribution >= 4 is 6.29 Å². The van der Waals surface area contributed by atoms with E-state index in [-0.39, 0.29) is 6.10 Å². The average Bonchev–Trinajstić information content (AvgIpc) is 3.10. The molecule has 1 aliphatic rings. The lowest BCUT2D eigenvalue weighted by Crippen LogP contribution is -2.03. The molecule has 0 aromatic heterocycles. The van der Waals surface area contributed by atoms with E-state index in [4.69, 9.17) is 4.74 Å². The Kier molecular flexibility index (Phi) is 4.81. The van der Waals surface area contributed by atoms with E-state index in [2.05, 4.69) is 68.4 Å². The van der Waals surface area contributed by atoms with Crippen molar-refractivity contribution < 1.29 is 9.53 Å². The van der Waals surface area contributed by atoms with Gasteiger partial charge in [-0.3, -0.25) is 0 Å². The SMILES string of the molecule is Cc1cccc(C)c1-c1cccc(C2Cc3cc(CCC=O)ccc3O2)c1. The molecule has 0 saturated carbocycles. The first-order valence-electron chi connectivity index (χ1n) is 9.54. The maximum atomic E-state index is 10.6. The largest absolute Gasteiger partial charge is 0.485 e. The van der Waals surface area contributed by atoms with Crippen LogP contribution in [0.2, 0.25) is 0 Å². The van der Waals surface area contributed by atoms with Crippen molar-refractivity contribution in [1.82, 2.24) is 0 Å². The highest BCUT2D eigenvalue weighted by molar-refractivity contribution is 5.71. The van der Waals surface area contributed by atoms with E-state index in [1.54, 1.807) is 0 Å². The number of carbonyl (C=O) groups is 1. The third-order valence-electron chi connectivity index (χ3n) is 5.38. The van der Waals surface area contributed by atoms with Crippen LogP contribution in [-0.2, 0) is 17.6 Å². The predicted octanol–water partition coefficient (Wildman–Crippen LogP) is 5.78. The van der Waals surface area contributed by atoms with E-state index < -0.39 is 0 Å². The Morgan fingerprint density at radius 3 is 2.56 bits per heavy atom. The Hall–Kier alpha value is -2.87. The van der Waals surface area contributed by atoms with Crippen LogP contribution in [0.3, 0.4) is 0 Å². The summed E-state index contributed by atoms with van der Waals surface area (Å²) < 4.78 is 6.23. The lowest BCUT2D eigenvalue weighted by Gasteiger charge is -2.15. The molecule has 1 heterocycles. The standard InChI is InChI=1S/C25H24O2/c1-17-6-3-7-18(2)25(17)21-10-4-9-20(15-21)24-16-22-14-19(8-5-13-26)11-12-23(22)27-24/h3-4,6-7,9-15,24H,5,8,16H2,1-2H3. The fourth-order valence-corrected chi connectivity index (χ4v) is 4.03. The topological polar surface area (TPSA) is 26.3 Å². The summed E-state index contributed by atoms with van der Waals surface area (Å²) in [7, 11) is 0. The lowest BCUT2D eigenvalue weighted by molar-refractivity contribution is -0.107. The van der Waals surface area contributed by atoms with Gasteiger partial charge in [-0.25, -0.2) is 0 Å². The fourth-order valence-electron chi connectivity index (χ4n) is 4.03. The molecular formula is C25H24O2. The van der Waals surface area contributed by atoms with Crippen LogP contribution in [0.25, 0.3) is 11.1 Å². The van der Waals surface area contributed by atoms with E-state index in [0.717, 1.165) is 24.9 Å². The van der Waals surface area contributed by atoms with E-state index in [0.29, 0.717) is 6.42 Å². The van der Waals surface area contributed by atoms with Gasteiger partial charge < -0.3 is 9.53 Å². The smallest absolute Gasteiger partial charge is 0.128 e. The molecule has 3 aromatic rings. The van der Waals surface area contributed by atoms with Gasteiger partial charge in [0, 0.05) is 12.8 Å². The van der Waals surface area contributed by atoms with Crippen molar-refractivity contribution in [2.75, 3.05) is 0 Å². The molecule has 2 nitrogen and oxygen atoms in total. The Bertz CT molecular complexity index is 967. The lowest BCUT2D eigenvalue weighted by atomic mass is 9.93. The van der Waals surface area contributed by atoms with Crippen LogP contribution in [0.4, 0.5) is 0 Å². The van der Waals surface area contributed by atoms with Crippen LogP contribution < -0.4 is 4.74 Å². The average molecular weight is 356 g/mol. The van der Waals surface area contributed by atoms with Gasteiger partial charge in [-0.2, -0.15) is 0 Å². The number of rotatable bonds is 5. The van der Waals surface area contributed by atoms with Gasteiger partial charge in [0.15, 0.2) is 0 Å². The molecular weight excluding hydrogens is 332 g/mol.